The number of nitrogens with zero attached hydrogens (tertiary/aromatic N) is 5. The van der Waals surface area contributed by atoms with Gasteiger partial charge in [0.05, 0.1) is 16.6 Å². The number of para-hydroxylation sites is 1. The Kier molecular flexibility index (Phi) is 5.26. The average molecular weight is 486 g/mol. The van der Waals surface area contributed by atoms with Gasteiger partial charge in [0, 0.05) is 24.2 Å². The topological polar surface area (TPSA) is 76.5 Å². The summed E-state index contributed by atoms with van der Waals surface area (Å²) >= 11 is 1.58. The van der Waals surface area contributed by atoms with Crippen molar-refractivity contribution >= 4 is 33.9 Å². The van der Waals surface area contributed by atoms with Crippen LogP contribution in [0.1, 0.15) is 28.8 Å². The van der Waals surface area contributed by atoms with E-state index in [0.717, 1.165) is 27.1 Å². The van der Waals surface area contributed by atoms with Gasteiger partial charge >= 0.3 is 0 Å². The van der Waals surface area contributed by atoms with Gasteiger partial charge in [-0.15, -0.1) is 21.5 Å². The number of benzene rings is 2. The first kappa shape index (κ1) is 21.4. The van der Waals surface area contributed by atoms with Gasteiger partial charge in [0.25, 0.3) is 11.8 Å². The Labute approximate surface area is 204 Å². The largest absolute Gasteiger partial charge is 0.420 e. The molecule has 3 aromatic heterocycles. The van der Waals surface area contributed by atoms with Gasteiger partial charge in [-0.1, -0.05) is 36.4 Å². The van der Waals surface area contributed by atoms with Crippen LogP contribution in [-0.4, -0.2) is 31.4 Å². The lowest BCUT2D eigenvalue weighted by molar-refractivity contribution is -0.133. The number of carbonyl (C=O) groups excluding carboxylic acids is 1. The number of hydrogen-bond donors (Lipinski definition) is 0. The molecule has 1 amide bonds. The third-order valence-corrected chi connectivity index (χ3v) is 6.99. The minimum atomic E-state index is -0.323. The molecule has 0 spiro atoms. The van der Waals surface area contributed by atoms with E-state index in [1.54, 1.807) is 30.4 Å². The zero-order valence-corrected chi connectivity index (χ0v) is 19.6. The first-order valence-electron chi connectivity index (χ1n) is 11.1. The highest BCUT2D eigenvalue weighted by atomic mass is 32.1. The van der Waals surface area contributed by atoms with Crippen molar-refractivity contribution in [2.75, 3.05) is 0 Å². The predicted octanol–water partition coefficient (Wildman–Crippen LogP) is 5.58. The molecular formula is C26H20FN5O2S. The van der Waals surface area contributed by atoms with Crippen LogP contribution >= 0.6 is 11.3 Å². The van der Waals surface area contributed by atoms with Crippen molar-refractivity contribution < 1.29 is 13.6 Å². The number of aromatic nitrogens is 3. The third-order valence-electron chi connectivity index (χ3n) is 6.08. The molecule has 6 rings (SSSR count). The van der Waals surface area contributed by atoms with Gasteiger partial charge < -0.3 is 8.98 Å². The van der Waals surface area contributed by atoms with Crippen molar-refractivity contribution in [1.29, 1.82) is 0 Å². The van der Waals surface area contributed by atoms with Gasteiger partial charge in [-0.05, 0) is 41.3 Å². The number of carbonyl (C=O) groups is 1. The second kappa shape index (κ2) is 8.59. The molecule has 0 bridgehead atoms. The lowest BCUT2D eigenvalue weighted by Crippen LogP contribution is -2.30. The van der Waals surface area contributed by atoms with E-state index in [1.165, 1.54) is 17.1 Å². The highest BCUT2D eigenvalue weighted by molar-refractivity contribution is 7.12. The van der Waals surface area contributed by atoms with Crippen molar-refractivity contribution in [3.63, 3.8) is 0 Å². The van der Waals surface area contributed by atoms with E-state index in [9.17, 15) is 9.18 Å². The number of hydrogen-bond acceptors (Lipinski definition) is 6. The van der Waals surface area contributed by atoms with Crippen LogP contribution in [0.15, 0.2) is 81.6 Å². The molecule has 0 N–H and O–H groups in total. The lowest BCUT2D eigenvalue weighted by atomic mass is 10.0. The third kappa shape index (κ3) is 3.93. The summed E-state index contributed by atoms with van der Waals surface area (Å²) in [4.78, 5) is 14.8. The highest BCUT2D eigenvalue weighted by Crippen LogP contribution is 2.35. The van der Waals surface area contributed by atoms with Crippen LogP contribution in [0.25, 0.3) is 22.5 Å². The zero-order chi connectivity index (χ0) is 23.9. The van der Waals surface area contributed by atoms with Crippen LogP contribution in [0.2, 0.25) is 0 Å². The second-order valence-electron chi connectivity index (χ2n) is 8.33. The van der Waals surface area contributed by atoms with Crippen LogP contribution in [0.4, 0.5) is 4.39 Å². The zero-order valence-electron chi connectivity index (χ0n) is 18.8. The van der Waals surface area contributed by atoms with Crippen LogP contribution in [0.3, 0.4) is 0 Å². The Bertz CT molecular complexity index is 1550. The molecule has 0 saturated heterocycles. The molecule has 174 valence electrons. The van der Waals surface area contributed by atoms with Crippen molar-refractivity contribution in [3.05, 3.63) is 94.3 Å². The summed E-state index contributed by atoms with van der Waals surface area (Å²) in [6.45, 7) is 1.76. The highest BCUT2D eigenvalue weighted by Gasteiger charge is 2.34. The summed E-state index contributed by atoms with van der Waals surface area (Å²) < 4.78 is 21.2. The molecule has 5 aromatic rings. The van der Waals surface area contributed by atoms with Gasteiger partial charge in [-0.25, -0.2) is 9.40 Å². The molecule has 4 heterocycles. The molecule has 1 aliphatic rings. The number of rotatable bonds is 5. The quantitative estimate of drug-likeness (QED) is 0.326. The summed E-state index contributed by atoms with van der Waals surface area (Å²) in [6.07, 6.45) is 0.556. The maximum atomic E-state index is 13.8. The summed E-state index contributed by atoms with van der Waals surface area (Å²) in [5.74, 6) is 0.294. The van der Waals surface area contributed by atoms with Crippen LogP contribution in [0.5, 0.6) is 0 Å². The number of aryl methyl sites for hydroxylation is 1. The van der Waals surface area contributed by atoms with E-state index in [2.05, 4.69) is 10.2 Å². The Hall–Kier alpha value is -4.11. The second-order valence-corrected chi connectivity index (χ2v) is 9.28. The minimum absolute atomic E-state index is 0.0309. The maximum Gasteiger partial charge on any atom is 0.264 e. The molecular weight excluding hydrogens is 465 g/mol. The van der Waals surface area contributed by atoms with Gasteiger partial charge in [0.2, 0.25) is 5.89 Å². The fraction of sp³-hybridized carbons (Fsp3) is 0.154. The van der Waals surface area contributed by atoms with Gasteiger partial charge in [0.1, 0.15) is 18.1 Å². The molecule has 1 atom stereocenters. The first-order valence-corrected chi connectivity index (χ1v) is 12.0. The number of thiophene rings is 1. The van der Waals surface area contributed by atoms with E-state index in [1.807, 2.05) is 52.4 Å². The first-order chi connectivity index (χ1) is 17.1. The molecule has 1 aliphatic heterocycles. The smallest absolute Gasteiger partial charge is 0.264 e. The normalized spacial score (nSPS) is 15.7. The molecule has 0 unspecified atom stereocenters. The standard InChI is InChI=1S/C26H20FN5O2S/c1-16-28-29-26(34-16)23-13-18-5-2-3-6-21(18)31(23)15-25(33)32-22(17-8-10-19(27)11-9-17)14-20(30-32)24-7-4-12-35-24/h2-13,22H,14-15H2,1H3/t22-/m1/s1. The van der Waals surface area contributed by atoms with Crippen LogP contribution in [0, 0.1) is 12.7 Å². The Morgan fingerprint density at radius 1 is 1.11 bits per heavy atom. The Morgan fingerprint density at radius 2 is 1.94 bits per heavy atom. The fourth-order valence-corrected chi connectivity index (χ4v) is 5.16. The van der Waals surface area contributed by atoms with Gasteiger partial charge in [-0.3, -0.25) is 4.79 Å². The van der Waals surface area contributed by atoms with Crippen molar-refractivity contribution in [2.45, 2.75) is 25.9 Å². The van der Waals surface area contributed by atoms with Crippen molar-refractivity contribution in [1.82, 2.24) is 19.8 Å². The number of amides is 1. The summed E-state index contributed by atoms with van der Waals surface area (Å²) in [6, 6.07) is 19.6. The Balaban J connectivity index is 1.40. The summed E-state index contributed by atoms with van der Waals surface area (Å²) in [5, 5.41) is 17.3. The van der Waals surface area contributed by atoms with Crippen LogP contribution < -0.4 is 0 Å². The molecule has 0 fully saturated rings. The number of halogens is 1. The van der Waals surface area contributed by atoms with E-state index in [-0.39, 0.29) is 24.3 Å². The average Bonchev–Trinajstić information content (AvgIpc) is 3.66. The summed E-state index contributed by atoms with van der Waals surface area (Å²) in [7, 11) is 0. The van der Waals surface area contributed by atoms with E-state index < -0.39 is 0 Å². The van der Waals surface area contributed by atoms with Gasteiger partial charge in [-0.2, -0.15) is 5.10 Å². The molecule has 2 aromatic carbocycles. The molecule has 7 nitrogen and oxygen atoms in total. The van der Waals surface area contributed by atoms with Crippen molar-refractivity contribution in [2.24, 2.45) is 5.10 Å². The van der Waals surface area contributed by atoms with E-state index in [4.69, 9.17) is 9.52 Å². The molecule has 9 heteroatoms. The molecule has 0 radical (unpaired) electrons. The minimum Gasteiger partial charge on any atom is -0.420 e. The monoisotopic (exact) mass is 485 g/mol. The van der Waals surface area contributed by atoms with Crippen molar-refractivity contribution in [3.8, 4) is 11.6 Å². The van der Waals surface area contributed by atoms with E-state index in [0.29, 0.717) is 23.9 Å². The molecule has 0 aliphatic carbocycles. The van der Waals surface area contributed by atoms with Gasteiger partial charge in [0.15, 0.2) is 0 Å². The fourth-order valence-electron chi connectivity index (χ4n) is 4.44. The molecule has 35 heavy (non-hydrogen) atoms. The Morgan fingerprint density at radius 3 is 2.69 bits per heavy atom. The van der Waals surface area contributed by atoms with Crippen LogP contribution in [-0.2, 0) is 11.3 Å². The lowest BCUT2D eigenvalue weighted by Gasteiger charge is -2.23. The number of hydrazone groups is 1. The number of fused-ring (bicyclic) bond motifs is 1. The summed E-state index contributed by atoms with van der Waals surface area (Å²) in [5.41, 5.74) is 3.22. The van der Waals surface area contributed by atoms with E-state index >= 15 is 0 Å². The predicted molar refractivity (Wildman–Crippen MR) is 131 cm³/mol. The SMILES string of the molecule is Cc1nnc(-c2cc3ccccc3n2CC(=O)N2N=C(c3cccs3)C[C@@H]2c2ccc(F)cc2)o1. The maximum absolute atomic E-state index is 13.8. The molecule has 0 saturated carbocycles.